The van der Waals surface area contributed by atoms with Crippen LogP contribution >= 0.6 is 0 Å². The Bertz CT molecular complexity index is 1190. The fraction of sp³-hybridized carbons (Fsp3) is 0.130. The number of carbonyl (C=O) groups is 1. The van der Waals surface area contributed by atoms with E-state index in [0.717, 1.165) is 22.2 Å². The first-order valence-electron chi connectivity index (χ1n) is 9.19. The summed E-state index contributed by atoms with van der Waals surface area (Å²) >= 11 is 0. The second kappa shape index (κ2) is 7.56. The molecular weight excluding hydrogens is 350 g/mol. The van der Waals surface area contributed by atoms with Crippen LogP contribution in [-0.4, -0.2) is 15.0 Å². The van der Waals surface area contributed by atoms with Gasteiger partial charge in [-0.3, -0.25) is 9.59 Å². The monoisotopic (exact) mass is 371 g/mol. The predicted molar refractivity (Wildman–Crippen MR) is 112 cm³/mol. The Morgan fingerprint density at radius 1 is 0.893 bits per heavy atom. The van der Waals surface area contributed by atoms with Crippen molar-refractivity contribution in [1.29, 1.82) is 0 Å². The number of carbonyl (C=O) groups excluding carboxylic acids is 1. The Balaban J connectivity index is 1.60. The summed E-state index contributed by atoms with van der Waals surface area (Å²) < 4.78 is 3.39. The van der Waals surface area contributed by atoms with Gasteiger partial charge in [-0.15, -0.1) is 0 Å². The van der Waals surface area contributed by atoms with Gasteiger partial charge in [0.2, 0.25) is 5.91 Å². The van der Waals surface area contributed by atoms with E-state index in [0.29, 0.717) is 12.1 Å². The third-order valence-corrected chi connectivity index (χ3v) is 4.82. The zero-order valence-electron chi connectivity index (χ0n) is 15.6. The number of nitrogens with zero attached hydrogens (tertiary/aromatic N) is 2. The first kappa shape index (κ1) is 17.8. The number of anilines is 1. The van der Waals surface area contributed by atoms with Crippen molar-refractivity contribution in [3.05, 3.63) is 101 Å². The molecule has 4 aromatic rings. The quantitative estimate of drug-likeness (QED) is 0.580. The molecular formula is C23H21N3O2. The molecule has 28 heavy (non-hydrogen) atoms. The van der Waals surface area contributed by atoms with Crippen LogP contribution in [-0.2, 0) is 17.9 Å². The molecule has 5 heteroatoms. The first-order chi connectivity index (χ1) is 13.6. The number of hydrogen-bond donors (Lipinski definition) is 1. The first-order valence-corrected chi connectivity index (χ1v) is 9.19. The molecule has 1 amide bonds. The van der Waals surface area contributed by atoms with E-state index >= 15 is 0 Å². The molecule has 0 saturated heterocycles. The van der Waals surface area contributed by atoms with Crippen LogP contribution in [0.3, 0.4) is 0 Å². The number of benzene rings is 2. The van der Waals surface area contributed by atoms with Crippen molar-refractivity contribution in [2.75, 3.05) is 5.32 Å². The molecule has 0 saturated carbocycles. The number of aromatic nitrogens is 2. The summed E-state index contributed by atoms with van der Waals surface area (Å²) in [4.78, 5) is 25.5. The Labute approximate surface area is 162 Å². The molecule has 0 aliphatic heterocycles. The summed E-state index contributed by atoms with van der Waals surface area (Å²) in [5.41, 5.74) is 3.30. The zero-order chi connectivity index (χ0) is 19.5. The van der Waals surface area contributed by atoms with Crippen LogP contribution in [0.25, 0.3) is 10.9 Å². The van der Waals surface area contributed by atoms with Gasteiger partial charge in [0.15, 0.2) is 0 Å². The summed E-state index contributed by atoms with van der Waals surface area (Å²) in [6.07, 6.45) is 3.59. The van der Waals surface area contributed by atoms with Crippen LogP contribution < -0.4 is 10.9 Å². The molecule has 0 spiro atoms. The van der Waals surface area contributed by atoms with E-state index in [-0.39, 0.29) is 18.0 Å². The third-order valence-electron chi connectivity index (χ3n) is 4.82. The number of para-hydroxylation sites is 1. The average molecular weight is 371 g/mol. The lowest BCUT2D eigenvalue weighted by atomic mass is 10.2. The molecule has 0 unspecified atom stereocenters. The van der Waals surface area contributed by atoms with Gasteiger partial charge in [0.1, 0.15) is 12.1 Å². The summed E-state index contributed by atoms with van der Waals surface area (Å²) in [5.74, 6) is -0.225. The summed E-state index contributed by atoms with van der Waals surface area (Å²) in [6.45, 7) is 2.52. The fourth-order valence-corrected chi connectivity index (χ4v) is 3.34. The summed E-state index contributed by atoms with van der Waals surface area (Å²) in [5, 5.41) is 3.75. The Morgan fingerprint density at radius 2 is 1.57 bits per heavy atom. The zero-order valence-corrected chi connectivity index (χ0v) is 15.6. The van der Waals surface area contributed by atoms with E-state index < -0.39 is 0 Å². The fourth-order valence-electron chi connectivity index (χ4n) is 3.34. The van der Waals surface area contributed by atoms with Crippen molar-refractivity contribution < 1.29 is 4.79 Å². The number of pyridine rings is 1. The van der Waals surface area contributed by atoms with Crippen molar-refractivity contribution in [3.8, 4) is 0 Å². The molecule has 0 atom stereocenters. The molecule has 2 aromatic carbocycles. The van der Waals surface area contributed by atoms with E-state index in [4.69, 9.17) is 0 Å². The van der Waals surface area contributed by atoms with E-state index in [9.17, 15) is 9.59 Å². The van der Waals surface area contributed by atoms with Crippen molar-refractivity contribution >= 4 is 22.5 Å². The highest BCUT2D eigenvalue weighted by molar-refractivity contribution is 5.91. The van der Waals surface area contributed by atoms with Crippen LogP contribution in [0.2, 0.25) is 0 Å². The lowest BCUT2D eigenvalue weighted by Crippen LogP contribution is -2.28. The van der Waals surface area contributed by atoms with Gasteiger partial charge in [0, 0.05) is 30.0 Å². The molecule has 5 nitrogen and oxygen atoms in total. The van der Waals surface area contributed by atoms with Crippen LogP contribution in [0.15, 0.2) is 83.9 Å². The predicted octanol–water partition coefficient (Wildman–Crippen LogP) is 3.80. The van der Waals surface area contributed by atoms with Crippen molar-refractivity contribution in [2.45, 2.75) is 20.0 Å². The van der Waals surface area contributed by atoms with Gasteiger partial charge >= 0.3 is 0 Å². The molecule has 0 fully saturated rings. The number of rotatable bonds is 5. The topological polar surface area (TPSA) is 56.0 Å². The number of nitrogens with one attached hydrogen (secondary N) is 1. The van der Waals surface area contributed by atoms with Gasteiger partial charge < -0.3 is 14.5 Å². The second-order valence-electron chi connectivity index (χ2n) is 6.85. The minimum Gasteiger partial charge on any atom is -0.339 e. The van der Waals surface area contributed by atoms with Crippen LogP contribution in [0.4, 0.5) is 5.69 Å². The number of amides is 1. The Kier molecular flexibility index (Phi) is 4.81. The lowest BCUT2D eigenvalue weighted by molar-refractivity contribution is -0.116. The maximum Gasteiger partial charge on any atom is 0.275 e. The van der Waals surface area contributed by atoms with Gasteiger partial charge in [-0.1, -0.05) is 48.5 Å². The normalized spacial score (nSPS) is 10.9. The molecule has 140 valence electrons. The lowest BCUT2D eigenvalue weighted by Gasteiger charge is -2.11. The maximum absolute atomic E-state index is 13.0. The van der Waals surface area contributed by atoms with Gasteiger partial charge in [-0.2, -0.15) is 0 Å². The molecule has 0 radical (unpaired) electrons. The summed E-state index contributed by atoms with van der Waals surface area (Å²) in [7, 11) is 0. The molecule has 2 heterocycles. The maximum atomic E-state index is 13.0. The molecule has 2 aromatic heterocycles. The largest absolute Gasteiger partial charge is 0.339 e. The number of aryl methyl sites for hydroxylation is 1. The van der Waals surface area contributed by atoms with Gasteiger partial charge in [0.05, 0.1) is 0 Å². The number of fused-ring (bicyclic) bond motifs is 1. The highest BCUT2D eigenvalue weighted by Gasteiger charge is 2.12. The molecule has 1 N–H and O–H groups in total. The highest BCUT2D eigenvalue weighted by Crippen LogP contribution is 2.15. The SMILES string of the molecule is Cc1ccccc1NC(=O)Cn1ccc2ccn(Cc3ccccc3)c2c1=O. The Morgan fingerprint density at radius 3 is 2.32 bits per heavy atom. The van der Waals surface area contributed by atoms with E-state index in [2.05, 4.69) is 5.32 Å². The van der Waals surface area contributed by atoms with Crippen LogP contribution in [0.5, 0.6) is 0 Å². The van der Waals surface area contributed by atoms with Crippen molar-refractivity contribution in [2.24, 2.45) is 0 Å². The minimum atomic E-state index is -0.225. The third kappa shape index (κ3) is 3.60. The van der Waals surface area contributed by atoms with E-state index in [1.54, 1.807) is 6.20 Å². The molecule has 0 aliphatic rings. The minimum absolute atomic E-state index is 0.0282. The van der Waals surface area contributed by atoms with Gasteiger partial charge in [-0.25, -0.2) is 0 Å². The standard InChI is InChI=1S/C23H21N3O2/c1-17-7-5-6-10-20(17)24-21(27)16-26-14-12-19-11-13-25(22(19)23(26)28)15-18-8-3-2-4-9-18/h2-14H,15-16H2,1H3,(H,24,27). The molecule has 4 rings (SSSR count). The smallest absolute Gasteiger partial charge is 0.275 e. The van der Waals surface area contributed by atoms with Crippen molar-refractivity contribution in [1.82, 2.24) is 9.13 Å². The van der Waals surface area contributed by atoms with Gasteiger partial charge in [-0.05, 0) is 36.2 Å². The van der Waals surface area contributed by atoms with Crippen LogP contribution in [0, 0.1) is 6.92 Å². The van der Waals surface area contributed by atoms with E-state index in [1.807, 2.05) is 84.4 Å². The molecule has 0 aliphatic carbocycles. The van der Waals surface area contributed by atoms with Gasteiger partial charge in [0.25, 0.3) is 5.56 Å². The van der Waals surface area contributed by atoms with E-state index in [1.165, 1.54) is 4.57 Å². The van der Waals surface area contributed by atoms with Crippen molar-refractivity contribution in [3.63, 3.8) is 0 Å². The highest BCUT2D eigenvalue weighted by atomic mass is 16.2. The Hall–Kier alpha value is -3.60. The second-order valence-corrected chi connectivity index (χ2v) is 6.85. The van der Waals surface area contributed by atoms with Crippen LogP contribution in [0.1, 0.15) is 11.1 Å². The average Bonchev–Trinajstić information content (AvgIpc) is 3.10. The molecule has 0 bridgehead atoms. The number of hydrogen-bond acceptors (Lipinski definition) is 2. The summed E-state index contributed by atoms with van der Waals surface area (Å²) in [6, 6.07) is 21.4.